The molecule has 0 aliphatic carbocycles. The number of phosphoric acid groups is 1. The molecule has 0 aliphatic heterocycles. The Morgan fingerprint density at radius 1 is 0.436 bits per heavy atom. The highest BCUT2D eigenvalue weighted by atomic mass is 31.2. The molecule has 462 valence electrons. The summed E-state index contributed by atoms with van der Waals surface area (Å²) < 4.78 is 23.4. The molecule has 0 radical (unpaired) electrons. The van der Waals surface area contributed by atoms with Crippen LogP contribution in [0.25, 0.3) is 0 Å². The lowest BCUT2D eigenvalue weighted by Gasteiger charge is -2.29. The van der Waals surface area contributed by atoms with E-state index < -0.39 is 20.0 Å². The lowest BCUT2D eigenvalue weighted by Crippen LogP contribution is -2.45. The molecule has 9 heteroatoms. The van der Waals surface area contributed by atoms with Crippen LogP contribution >= 0.6 is 7.82 Å². The number of likely N-dealkylation sites (N-methyl/N-ethyl adjacent to an activating group) is 1. The molecule has 0 aromatic carbocycles. The molecular formula is C69H135N2O6P. The number of aliphatic hydroxyl groups excluding tert-OH is 1. The largest absolute Gasteiger partial charge is 0.756 e. The number of phosphoric ester groups is 1. The van der Waals surface area contributed by atoms with Crippen molar-refractivity contribution in [2.75, 3.05) is 40.9 Å². The summed E-state index contributed by atoms with van der Waals surface area (Å²) in [6.45, 7) is 4.68. The average Bonchev–Trinajstić information content (AvgIpc) is 3.41. The van der Waals surface area contributed by atoms with Crippen molar-refractivity contribution in [3.05, 3.63) is 36.5 Å². The Bertz CT molecular complexity index is 1360. The van der Waals surface area contributed by atoms with Crippen LogP contribution < -0.4 is 10.2 Å². The molecule has 1 amide bonds. The van der Waals surface area contributed by atoms with E-state index in [2.05, 4.69) is 43.5 Å². The van der Waals surface area contributed by atoms with Gasteiger partial charge in [-0.1, -0.05) is 320 Å². The van der Waals surface area contributed by atoms with Gasteiger partial charge in [0.05, 0.1) is 39.9 Å². The Labute approximate surface area is 487 Å². The van der Waals surface area contributed by atoms with Crippen molar-refractivity contribution in [2.24, 2.45) is 0 Å². The van der Waals surface area contributed by atoms with E-state index in [1.807, 2.05) is 27.2 Å². The van der Waals surface area contributed by atoms with Crippen LogP contribution in [0.1, 0.15) is 348 Å². The second kappa shape index (κ2) is 60.3. The summed E-state index contributed by atoms with van der Waals surface area (Å²) in [5.74, 6) is -0.200. The fourth-order valence-electron chi connectivity index (χ4n) is 10.5. The Morgan fingerprint density at radius 2 is 0.718 bits per heavy atom. The molecule has 0 saturated heterocycles. The molecule has 0 aliphatic rings. The normalized spacial score (nSPS) is 13.9. The van der Waals surface area contributed by atoms with Crippen LogP contribution in [-0.4, -0.2) is 68.5 Å². The Balaban J connectivity index is 4.08. The van der Waals surface area contributed by atoms with Crippen LogP contribution in [0.5, 0.6) is 0 Å². The first kappa shape index (κ1) is 76.7. The topological polar surface area (TPSA) is 108 Å². The lowest BCUT2D eigenvalue weighted by molar-refractivity contribution is -0.870. The maximum Gasteiger partial charge on any atom is 0.268 e. The summed E-state index contributed by atoms with van der Waals surface area (Å²) in [7, 11) is 1.26. The van der Waals surface area contributed by atoms with Crippen molar-refractivity contribution in [3.8, 4) is 0 Å². The van der Waals surface area contributed by atoms with Crippen molar-refractivity contribution in [1.29, 1.82) is 0 Å². The van der Waals surface area contributed by atoms with Gasteiger partial charge in [-0.15, -0.1) is 0 Å². The maximum absolute atomic E-state index is 13.0. The number of carbonyl (C=O) groups excluding carboxylic acids is 1. The van der Waals surface area contributed by atoms with Gasteiger partial charge in [0, 0.05) is 6.42 Å². The molecule has 8 nitrogen and oxygen atoms in total. The number of amides is 1. The van der Waals surface area contributed by atoms with E-state index in [1.54, 1.807) is 6.08 Å². The second-order valence-corrected chi connectivity index (χ2v) is 26.3. The molecule has 0 bridgehead atoms. The quantitative estimate of drug-likeness (QED) is 0.0272. The number of aliphatic hydroxyl groups is 1. The molecule has 3 unspecified atom stereocenters. The summed E-state index contributed by atoms with van der Waals surface area (Å²) >= 11 is 0. The molecule has 0 fully saturated rings. The molecular weight excluding hydrogens is 984 g/mol. The zero-order chi connectivity index (χ0) is 57.0. The molecule has 0 rings (SSSR count). The van der Waals surface area contributed by atoms with E-state index in [0.29, 0.717) is 17.4 Å². The van der Waals surface area contributed by atoms with Gasteiger partial charge in [-0.2, -0.15) is 0 Å². The molecule has 0 aromatic heterocycles. The van der Waals surface area contributed by atoms with Gasteiger partial charge in [-0.25, -0.2) is 0 Å². The van der Waals surface area contributed by atoms with Crippen LogP contribution in [0.3, 0.4) is 0 Å². The van der Waals surface area contributed by atoms with Crippen LogP contribution in [0, 0.1) is 0 Å². The third-order valence-corrected chi connectivity index (χ3v) is 16.8. The smallest absolute Gasteiger partial charge is 0.268 e. The highest BCUT2D eigenvalue weighted by molar-refractivity contribution is 7.45. The van der Waals surface area contributed by atoms with Crippen LogP contribution in [0.2, 0.25) is 0 Å². The molecule has 78 heavy (non-hydrogen) atoms. The summed E-state index contributed by atoms with van der Waals surface area (Å²) in [4.78, 5) is 25.6. The zero-order valence-corrected chi connectivity index (χ0v) is 53.8. The van der Waals surface area contributed by atoms with E-state index in [4.69, 9.17) is 9.05 Å². The number of nitrogens with zero attached hydrogens (tertiary/aromatic N) is 1. The average molecular weight is 1120 g/mol. The van der Waals surface area contributed by atoms with Crippen LogP contribution in [-0.2, 0) is 18.4 Å². The fourth-order valence-corrected chi connectivity index (χ4v) is 11.2. The van der Waals surface area contributed by atoms with Gasteiger partial charge in [0.2, 0.25) is 5.91 Å². The molecule has 0 saturated carbocycles. The standard InChI is InChI=1S/C69H135N2O6P/c1-6-8-10-12-14-16-18-20-22-24-26-28-30-32-33-34-35-36-37-39-41-43-45-47-49-51-53-55-57-59-61-63-69(73)70-67(66-77-78(74,75)76-65-64-71(3,4)5)68(72)62-60-58-56-54-52-50-48-46-44-42-40-38-31-29-27-25-23-21-19-17-15-13-11-9-7-2/h24,26,52,54,60,62,67-68,72H,6-23,25,27-51,53,55-59,61,63-66H2,1-5H3,(H-,70,73,74,75)/b26-24-,54-52+,62-60+. The van der Waals surface area contributed by atoms with E-state index >= 15 is 0 Å². The third-order valence-electron chi connectivity index (χ3n) is 15.8. The monoisotopic (exact) mass is 1120 g/mol. The predicted molar refractivity (Wildman–Crippen MR) is 339 cm³/mol. The van der Waals surface area contributed by atoms with Gasteiger partial charge in [0.15, 0.2) is 0 Å². The van der Waals surface area contributed by atoms with Crippen molar-refractivity contribution in [3.63, 3.8) is 0 Å². The van der Waals surface area contributed by atoms with Crippen molar-refractivity contribution >= 4 is 13.7 Å². The summed E-state index contributed by atoms with van der Waals surface area (Å²) in [6.07, 6.45) is 79.8. The summed E-state index contributed by atoms with van der Waals surface area (Å²) in [5.41, 5.74) is 0. The number of carbonyl (C=O) groups is 1. The number of hydrogen-bond acceptors (Lipinski definition) is 6. The van der Waals surface area contributed by atoms with E-state index in [9.17, 15) is 19.4 Å². The Morgan fingerprint density at radius 3 is 1.04 bits per heavy atom. The van der Waals surface area contributed by atoms with E-state index in [0.717, 1.165) is 38.5 Å². The van der Waals surface area contributed by atoms with Gasteiger partial charge in [0.25, 0.3) is 7.82 Å². The first-order chi connectivity index (χ1) is 38.0. The highest BCUT2D eigenvalue weighted by Gasteiger charge is 2.23. The van der Waals surface area contributed by atoms with Crippen LogP contribution in [0.15, 0.2) is 36.5 Å². The highest BCUT2D eigenvalue weighted by Crippen LogP contribution is 2.38. The minimum Gasteiger partial charge on any atom is -0.756 e. The third kappa shape index (κ3) is 62.3. The predicted octanol–water partition coefficient (Wildman–Crippen LogP) is 21.0. The molecule has 2 N–H and O–H groups in total. The minimum absolute atomic E-state index is 0.00451. The number of quaternary nitrogens is 1. The van der Waals surface area contributed by atoms with Crippen molar-refractivity contribution in [2.45, 2.75) is 360 Å². The summed E-state index contributed by atoms with van der Waals surface area (Å²) in [6, 6.07) is -0.903. The first-order valence-corrected chi connectivity index (χ1v) is 35.8. The Kier molecular flexibility index (Phi) is 59.3. The first-order valence-electron chi connectivity index (χ1n) is 34.4. The lowest BCUT2D eigenvalue weighted by atomic mass is 10.0. The van der Waals surface area contributed by atoms with Gasteiger partial charge in [-0.3, -0.25) is 9.36 Å². The van der Waals surface area contributed by atoms with Crippen molar-refractivity contribution < 1.29 is 32.9 Å². The van der Waals surface area contributed by atoms with E-state index in [-0.39, 0.29) is 19.1 Å². The number of hydrogen-bond donors (Lipinski definition) is 2. The van der Waals surface area contributed by atoms with Gasteiger partial charge < -0.3 is 28.8 Å². The number of nitrogens with one attached hydrogen (secondary N) is 1. The Hall–Kier alpha value is -1.28. The molecule has 3 atom stereocenters. The minimum atomic E-state index is -4.61. The van der Waals surface area contributed by atoms with Crippen LogP contribution in [0.4, 0.5) is 0 Å². The maximum atomic E-state index is 13.0. The van der Waals surface area contributed by atoms with Gasteiger partial charge in [-0.05, 0) is 57.8 Å². The summed E-state index contributed by atoms with van der Waals surface area (Å²) in [5, 5.41) is 13.9. The molecule has 0 aromatic rings. The number of allylic oxidation sites excluding steroid dienone is 5. The zero-order valence-electron chi connectivity index (χ0n) is 52.9. The fraction of sp³-hybridized carbons (Fsp3) is 0.899. The number of unbranched alkanes of at least 4 members (excludes halogenated alkanes) is 47. The molecule has 0 spiro atoms. The second-order valence-electron chi connectivity index (χ2n) is 24.9. The van der Waals surface area contributed by atoms with Crippen molar-refractivity contribution in [1.82, 2.24) is 5.32 Å². The molecule has 0 heterocycles. The SMILES string of the molecule is CCCCCCCCCC/C=C\CCCCCCCCCCCCCCCCCCCCCC(=O)NC(COP(=O)([O-])OCC[N+](C)(C)C)C(O)/C=C/CC/C=C/CCCCCCCCCCCCCCCCCCCCC. The van der Waals surface area contributed by atoms with Gasteiger partial charge in [0.1, 0.15) is 13.2 Å². The number of rotatable bonds is 64. The van der Waals surface area contributed by atoms with Gasteiger partial charge >= 0.3 is 0 Å². The van der Waals surface area contributed by atoms with E-state index in [1.165, 1.54) is 289 Å².